The normalized spacial score (nSPS) is 11.5. The summed E-state index contributed by atoms with van der Waals surface area (Å²) in [4.78, 5) is 0. The molecule has 4 nitrogen and oxygen atoms in total. The number of nitrogens with two attached hydrogens (primary N) is 2. The molecule has 0 bridgehead atoms. The van der Waals surface area contributed by atoms with E-state index in [-0.39, 0.29) is 0 Å². The second kappa shape index (κ2) is 5.13. The molecule has 0 saturated heterocycles. The molecule has 0 heterocycles. The van der Waals surface area contributed by atoms with Crippen LogP contribution in [0.15, 0.2) is 16.7 Å². The lowest BCUT2D eigenvalue weighted by Crippen LogP contribution is -2.07. The predicted molar refractivity (Wildman–Crippen MR) is 44.4 cm³/mol. The van der Waals surface area contributed by atoms with Gasteiger partial charge in [0.25, 0.3) is 0 Å². The summed E-state index contributed by atoms with van der Waals surface area (Å²) in [6.07, 6.45) is 0. The monoisotopic (exact) mass is 161 g/mol. The van der Waals surface area contributed by atoms with E-state index in [1.54, 1.807) is 7.11 Å². The molecule has 0 amide bonds. The lowest BCUT2D eigenvalue weighted by atomic mass is 10.8. The van der Waals surface area contributed by atoms with Crippen LogP contribution in [0.3, 0.4) is 0 Å². The second-order valence-electron chi connectivity index (χ2n) is 1.52. The van der Waals surface area contributed by atoms with Gasteiger partial charge in [0, 0.05) is 7.11 Å². The highest BCUT2D eigenvalue weighted by Gasteiger charge is 1.98. The van der Waals surface area contributed by atoms with Crippen molar-refractivity contribution in [1.82, 2.24) is 0 Å². The Kier molecular flexibility index (Phi) is 4.78. The average Bonchev–Trinajstić information content (AvgIpc) is 1.86. The Balaban J connectivity index is 3.73. The van der Waals surface area contributed by atoms with Gasteiger partial charge >= 0.3 is 0 Å². The first-order chi connectivity index (χ1) is 4.70. The highest BCUT2D eigenvalue weighted by Crippen LogP contribution is 2.08. The Hall–Kier alpha value is -0.680. The summed E-state index contributed by atoms with van der Waals surface area (Å²) in [5, 5.41) is 4.51. The van der Waals surface area contributed by atoms with E-state index in [0.717, 1.165) is 0 Å². The summed E-state index contributed by atoms with van der Waals surface area (Å²) in [5.41, 5.74) is 5.28. The van der Waals surface area contributed by atoms with Crippen molar-refractivity contribution < 1.29 is 4.74 Å². The average molecular weight is 161 g/mol. The van der Waals surface area contributed by atoms with Crippen LogP contribution in [0.25, 0.3) is 0 Å². The molecule has 4 N–H and O–H groups in total. The van der Waals surface area contributed by atoms with Crippen molar-refractivity contribution in [3.05, 3.63) is 11.6 Å². The standard InChI is InChI=1S/C5H11N3OS/c1-4(6)10-5(8-7)3-9-2/h1,3,6-7H2,2H3/b8-5-. The largest absolute Gasteiger partial charge is 0.394 e. The van der Waals surface area contributed by atoms with Crippen LogP contribution in [0.2, 0.25) is 0 Å². The van der Waals surface area contributed by atoms with Gasteiger partial charge in [-0.1, -0.05) is 18.3 Å². The van der Waals surface area contributed by atoms with Crippen molar-refractivity contribution in [2.45, 2.75) is 0 Å². The molecule has 0 unspecified atom stereocenters. The molecule has 0 aromatic rings. The molecular formula is C5H11N3OS. The van der Waals surface area contributed by atoms with E-state index in [0.29, 0.717) is 16.7 Å². The number of hydrogen-bond acceptors (Lipinski definition) is 5. The van der Waals surface area contributed by atoms with E-state index in [4.69, 9.17) is 16.3 Å². The molecule has 5 heteroatoms. The minimum Gasteiger partial charge on any atom is -0.394 e. The number of methoxy groups -OCH3 is 1. The van der Waals surface area contributed by atoms with E-state index in [2.05, 4.69) is 11.7 Å². The Morgan fingerprint density at radius 3 is 2.70 bits per heavy atom. The summed E-state index contributed by atoms with van der Waals surface area (Å²) >= 11 is 1.21. The lowest BCUT2D eigenvalue weighted by molar-refractivity contribution is 0.247. The van der Waals surface area contributed by atoms with Crippen molar-refractivity contribution in [3.8, 4) is 0 Å². The number of ether oxygens (including phenoxy) is 1. The van der Waals surface area contributed by atoms with Crippen LogP contribution in [0, 0.1) is 0 Å². The van der Waals surface area contributed by atoms with Gasteiger partial charge in [0.2, 0.25) is 0 Å². The zero-order valence-corrected chi connectivity index (χ0v) is 6.65. The predicted octanol–water partition coefficient (Wildman–Crippen LogP) is 0.0681. The van der Waals surface area contributed by atoms with Gasteiger partial charge in [0.1, 0.15) is 5.04 Å². The van der Waals surface area contributed by atoms with Crippen molar-refractivity contribution in [2.75, 3.05) is 13.7 Å². The molecule has 0 fully saturated rings. The number of thioether (sulfide) groups is 1. The topological polar surface area (TPSA) is 73.6 Å². The molecule has 0 radical (unpaired) electrons. The van der Waals surface area contributed by atoms with E-state index in [1.807, 2.05) is 0 Å². The summed E-state index contributed by atoms with van der Waals surface area (Å²) in [6, 6.07) is 0. The Morgan fingerprint density at radius 1 is 1.80 bits per heavy atom. The summed E-state index contributed by atoms with van der Waals surface area (Å²) in [5.74, 6) is 5.00. The SMILES string of the molecule is C=C(N)S/C(COC)=N\N. The molecule has 0 aromatic heterocycles. The van der Waals surface area contributed by atoms with Gasteiger partial charge in [0.05, 0.1) is 11.6 Å². The molecule has 10 heavy (non-hydrogen) atoms. The van der Waals surface area contributed by atoms with Crippen LogP contribution in [0.4, 0.5) is 0 Å². The molecule has 0 saturated carbocycles. The first-order valence-corrected chi connectivity index (χ1v) is 3.40. The molecule has 0 atom stereocenters. The van der Waals surface area contributed by atoms with Gasteiger partial charge in [-0.25, -0.2) is 0 Å². The van der Waals surface area contributed by atoms with Crippen LogP contribution in [0.1, 0.15) is 0 Å². The smallest absolute Gasteiger partial charge is 0.125 e. The molecule has 0 rings (SSSR count). The highest BCUT2D eigenvalue weighted by molar-refractivity contribution is 8.17. The Bertz CT molecular complexity index is 146. The van der Waals surface area contributed by atoms with Crippen LogP contribution < -0.4 is 11.6 Å². The number of hydrogen-bond donors (Lipinski definition) is 2. The van der Waals surface area contributed by atoms with Crippen molar-refractivity contribution >= 4 is 16.8 Å². The van der Waals surface area contributed by atoms with Gasteiger partial charge in [-0.3, -0.25) is 0 Å². The number of hydrazone groups is 1. The third kappa shape index (κ3) is 4.22. The van der Waals surface area contributed by atoms with Gasteiger partial charge in [-0.15, -0.1) is 0 Å². The first-order valence-electron chi connectivity index (χ1n) is 2.58. The Morgan fingerprint density at radius 2 is 2.40 bits per heavy atom. The lowest BCUT2D eigenvalue weighted by Gasteiger charge is -2.00. The third-order valence-electron chi connectivity index (χ3n) is 0.661. The summed E-state index contributed by atoms with van der Waals surface area (Å²) < 4.78 is 4.77. The molecule has 58 valence electrons. The maximum absolute atomic E-state index is 5.28. The quantitative estimate of drug-likeness (QED) is 0.266. The van der Waals surface area contributed by atoms with E-state index in [9.17, 15) is 0 Å². The van der Waals surface area contributed by atoms with Crippen LogP contribution >= 0.6 is 11.8 Å². The minimum atomic E-state index is 0.372. The van der Waals surface area contributed by atoms with Crippen LogP contribution in [-0.2, 0) is 4.74 Å². The molecule has 0 aliphatic rings. The Labute approximate surface area is 64.3 Å². The highest BCUT2D eigenvalue weighted by atomic mass is 32.2. The number of rotatable bonds is 3. The van der Waals surface area contributed by atoms with E-state index >= 15 is 0 Å². The molecule has 0 spiro atoms. The zero-order valence-electron chi connectivity index (χ0n) is 5.83. The molecule has 0 aliphatic carbocycles. The first kappa shape index (κ1) is 9.32. The van der Waals surface area contributed by atoms with Crippen molar-refractivity contribution in [1.29, 1.82) is 0 Å². The summed E-state index contributed by atoms with van der Waals surface area (Å²) in [7, 11) is 1.56. The molecular weight excluding hydrogens is 150 g/mol. The van der Waals surface area contributed by atoms with Gasteiger partial charge in [0.15, 0.2) is 0 Å². The van der Waals surface area contributed by atoms with E-state index in [1.165, 1.54) is 11.8 Å². The van der Waals surface area contributed by atoms with E-state index < -0.39 is 0 Å². The van der Waals surface area contributed by atoms with Gasteiger partial charge < -0.3 is 16.3 Å². The second-order valence-corrected chi connectivity index (χ2v) is 2.72. The van der Waals surface area contributed by atoms with Crippen molar-refractivity contribution in [3.63, 3.8) is 0 Å². The summed E-state index contributed by atoms with van der Waals surface area (Å²) in [6.45, 7) is 3.85. The van der Waals surface area contributed by atoms with Crippen LogP contribution in [-0.4, -0.2) is 18.8 Å². The van der Waals surface area contributed by atoms with Gasteiger partial charge in [-0.05, 0) is 0 Å². The maximum Gasteiger partial charge on any atom is 0.125 e. The maximum atomic E-state index is 5.28. The zero-order chi connectivity index (χ0) is 7.98. The minimum absolute atomic E-state index is 0.372. The fourth-order valence-corrected chi connectivity index (χ4v) is 0.900. The fourth-order valence-electron chi connectivity index (χ4n) is 0.368. The van der Waals surface area contributed by atoms with Crippen LogP contribution in [0.5, 0.6) is 0 Å². The van der Waals surface area contributed by atoms with Crippen molar-refractivity contribution in [2.24, 2.45) is 16.7 Å². The molecule has 0 aliphatic heterocycles. The third-order valence-corrected chi connectivity index (χ3v) is 1.38. The fraction of sp³-hybridized carbons (Fsp3) is 0.400. The number of nitrogens with zero attached hydrogens (tertiary/aromatic N) is 1. The molecule has 0 aromatic carbocycles. The van der Waals surface area contributed by atoms with Gasteiger partial charge in [-0.2, -0.15) is 5.10 Å².